The number of aryl methyl sites for hydroxylation is 1. The smallest absolute Gasteiger partial charge is 0.147 e. The fourth-order valence-electron chi connectivity index (χ4n) is 2.89. The van der Waals surface area contributed by atoms with Crippen molar-refractivity contribution in [3.8, 4) is 11.1 Å². The summed E-state index contributed by atoms with van der Waals surface area (Å²) >= 11 is 0. The molecule has 3 heteroatoms. The fraction of sp³-hybridized carbons (Fsp3) is 0.300. The highest BCUT2D eigenvalue weighted by atomic mass is 19.1. The molecule has 1 heterocycles. The molecule has 0 aliphatic carbocycles. The largest absolute Gasteiger partial charge is 0.359 e. The Morgan fingerprint density at radius 1 is 1.04 bits per heavy atom. The van der Waals surface area contributed by atoms with Crippen LogP contribution in [0, 0.1) is 5.82 Å². The maximum atomic E-state index is 14.4. The van der Waals surface area contributed by atoms with Crippen LogP contribution in [-0.4, -0.2) is 30.5 Å². The van der Waals surface area contributed by atoms with Crippen molar-refractivity contribution in [3.63, 3.8) is 0 Å². The van der Waals surface area contributed by atoms with E-state index in [9.17, 15) is 4.39 Å². The summed E-state index contributed by atoms with van der Waals surface area (Å²) in [4.78, 5) is 5.22. The number of rotatable bonds is 5. The van der Waals surface area contributed by atoms with Gasteiger partial charge in [-0.25, -0.2) is 4.39 Å². The van der Waals surface area contributed by atoms with E-state index >= 15 is 0 Å². The van der Waals surface area contributed by atoms with Crippen molar-refractivity contribution in [2.24, 2.45) is 0 Å². The van der Waals surface area contributed by atoms with E-state index < -0.39 is 0 Å². The summed E-state index contributed by atoms with van der Waals surface area (Å²) < 4.78 is 14.4. The Balaban J connectivity index is 2.02. The second-order valence-electron chi connectivity index (χ2n) is 6.30. The lowest BCUT2D eigenvalue weighted by atomic mass is 10.00. The zero-order valence-corrected chi connectivity index (χ0v) is 14.0. The minimum absolute atomic E-state index is 0.187. The monoisotopic (exact) mass is 310 g/mol. The second-order valence-corrected chi connectivity index (χ2v) is 6.30. The average molecular weight is 310 g/mol. The lowest BCUT2D eigenvalue weighted by molar-refractivity contribution is 0.414. The summed E-state index contributed by atoms with van der Waals surface area (Å²) in [7, 11) is 4.10. The molecular formula is C20H23FN2. The maximum Gasteiger partial charge on any atom is 0.147 e. The van der Waals surface area contributed by atoms with E-state index in [0.29, 0.717) is 5.52 Å². The molecule has 1 N–H and O–H groups in total. The lowest BCUT2D eigenvalue weighted by Gasteiger charge is -2.09. The Kier molecular flexibility index (Phi) is 4.49. The van der Waals surface area contributed by atoms with Gasteiger partial charge in [-0.05, 0) is 61.3 Å². The number of hydrogen-bond donors (Lipinski definition) is 1. The van der Waals surface area contributed by atoms with Crippen LogP contribution in [0.2, 0.25) is 0 Å². The molecule has 0 unspecified atom stereocenters. The summed E-state index contributed by atoms with van der Waals surface area (Å²) in [6.45, 7) is 3.08. The molecule has 0 bridgehead atoms. The molecule has 1 aromatic heterocycles. The summed E-state index contributed by atoms with van der Waals surface area (Å²) in [5.41, 5.74) is 5.06. The van der Waals surface area contributed by atoms with Crippen molar-refractivity contribution in [1.82, 2.24) is 9.88 Å². The third-order valence-electron chi connectivity index (χ3n) is 4.35. The number of nitrogens with one attached hydrogen (secondary N) is 1. The van der Waals surface area contributed by atoms with E-state index in [-0.39, 0.29) is 5.82 Å². The van der Waals surface area contributed by atoms with Crippen LogP contribution < -0.4 is 0 Å². The number of benzene rings is 2. The maximum absolute atomic E-state index is 14.4. The molecule has 0 amide bonds. The normalized spacial score (nSPS) is 11.5. The van der Waals surface area contributed by atoms with Gasteiger partial charge in [-0.1, -0.05) is 31.2 Å². The molecule has 0 aliphatic heterocycles. The van der Waals surface area contributed by atoms with Crippen LogP contribution in [0.25, 0.3) is 22.0 Å². The van der Waals surface area contributed by atoms with Crippen LogP contribution >= 0.6 is 0 Å². The van der Waals surface area contributed by atoms with Crippen LogP contribution in [0.15, 0.2) is 42.6 Å². The van der Waals surface area contributed by atoms with Gasteiger partial charge in [0.15, 0.2) is 0 Å². The summed E-state index contributed by atoms with van der Waals surface area (Å²) in [6, 6.07) is 12.1. The quantitative estimate of drug-likeness (QED) is 0.727. The molecule has 0 spiro atoms. The van der Waals surface area contributed by atoms with Gasteiger partial charge in [0.2, 0.25) is 0 Å². The van der Waals surface area contributed by atoms with Crippen molar-refractivity contribution < 1.29 is 4.39 Å². The number of halogens is 1. The van der Waals surface area contributed by atoms with Gasteiger partial charge in [0.25, 0.3) is 0 Å². The molecule has 0 aliphatic rings. The van der Waals surface area contributed by atoms with Gasteiger partial charge in [0, 0.05) is 18.1 Å². The second kappa shape index (κ2) is 6.55. The van der Waals surface area contributed by atoms with Gasteiger partial charge in [-0.2, -0.15) is 0 Å². The zero-order chi connectivity index (χ0) is 16.4. The molecule has 120 valence electrons. The third-order valence-corrected chi connectivity index (χ3v) is 4.35. The Morgan fingerprint density at radius 2 is 1.78 bits per heavy atom. The predicted molar refractivity (Wildman–Crippen MR) is 95.3 cm³/mol. The minimum atomic E-state index is -0.187. The van der Waals surface area contributed by atoms with Gasteiger partial charge in [-0.15, -0.1) is 0 Å². The number of hydrogen-bond acceptors (Lipinski definition) is 1. The van der Waals surface area contributed by atoms with E-state index in [1.54, 1.807) is 6.07 Å². The molecule has 2 nitrogen and oxygen atoms in total. The fourth-order valence-corrected chi connectivity index (χ4v) is 2.89. The standard InChI is InChI=1S/C20H23FN2/c1-4-14-5-7-15(8-6-14)17-11-18-16(9-10-23(2)3)13-22-20(18)19(21)12-17/h5-8,11-13,22H,4,9-10H2,1-3H3. The van der Waals surface area contributed by atoms with E-state index in [1.165, 1.54) is 11.1 Å². The number of aromatic nitrogens is 1. The first-order valence-corrected chi connectivity index (χ1v) is 8.12. The number of H-pyrrole nitrogens is 1. The van der Waals surface area contributed by atoms with Crippen molar-refractivity contribution in [2.75, 3.05) is 20.6 Å². The Morgan fingerprint density at radius 3 is 2.43 bits per heavy atom. The summed E-state index contributed by atoms with van der Waals surface area (Å²) in [5.74, 6) is -0.187. The van der Waals surface area contributed by atoms with E-state index in [1.807, 2.05) is 6.20 Å². The molecule has 0 fully saturated rings. The van der Waals surface area contributed by atoms with E-state index in [4.69, 9.17) is 0 Å². The number of likely N-dealkylation sites (N-methyl/N-ethyl adjacent to an activating group) is 1. The van der Waals surface area contributed by atoms with Gasteiger partial charge in [0.1, 0.15) is 5.82 Å². The number of fused-ring (bicyclic) bond motifs is 1. The van der Waals surface area contributed by atoms with Crippen molar-refractivity contribution in [3.05, 3.63) is 59.5 Å². The van der Waals surface area contributed by atoms with E-state index in [0.717, 1.165) is 35.9 Å². The molecule has 0 radical (unpaired) electrons. The zero-order valence-electron chi connectivity index (χ0n) is 14.0. The van der Waals surface area contributed by atoms with E-state index in [2.05, 4.69) is 61.2 Å². The van der Waals surface area contributed by atoms with Crippen molar-refractivity contribution in [1.29, 1.82) is 0 Å². The van der Waals surface area contributed by atoms with Crippen molar-refractivity contribution >= 4 is 10.9 Å². The Labute approximate surface area is 136 Å². The average Bonchev–Trinajstić information content (AvgIpc) is 2.96. The van der Waals surface area contributed by atoms with Crippen LogP contribution in [-0.2, 0) is 12.8 Å². The van der Waals surface area contributed by atoms with Gasteiger partial charge >= 0.3 is 0 Å². The highest BCUT2D eigenvalue weighted by Crippen LogP contribution is 2.29. The summed E-state index contributed by atoms with van der Waals surface area (Å²) in [5, 5.41) is 0.987. The molecule has 2 aromatic carbocycles. The first kappa shape index (κ1) is 15.8. The van der Waals surface area contributed by atoms with Crippen molar-refractivity contribution in [2.45, 2.75) is 19.8 Å². The predicted octanol–water partition coefficient (Wildman–Crippen LogP) is 4.64. The first-order chi connectivity index (χ1) is 11.1. The van der Waals surface area contributed by atoms with Crippen LogP contribution in [0.3, 0.4) is 0 Å². The minimum Gasteiger partial charge on any atom is -0.359 e. The first-order valence-electron chi connectivity index (χ1n) is 8.12. The van der Waals surface area contributed by atoms with Gasteiger partial charge in [-0.3, -0.25) is 0 Å². The summed E-state index contributed by atoms with van der Waals surface area (Å²) in [6.07, 6.45) is 3.85. The Hall–Kier alpha value is -2.13. The molecule has 23 heavy (non-hydrogen) atoms. The lowest BCUT2D eigenvalue weighted by Crippen LogP contribution is -2.14. The van der Waals surface area contributed by atoms with Crippen LogP contribution in [0.1, 0.15) is 18.1 Å². The molecule has 0 saturated carbocycles. The molecule has 0 saturated heterocycles. The molecular weight excluding hydrogens is 287 g/mol. The van der Waals surface area contributed by atoms with Gasteiger partial charge < -0.3 is 9.88 Å². The highest BCUT2D eigenvalue weighted by molar-refractivity contribution is 5.88. The highest BCUT2D eigenvalue weighted by Gasteiger charge is 2.11. The van der Waals surface area contributed by atoms with Crippen LogP contribution in [0.4, 0.5) is 4.39 Å². The third kappa shape index (κ3) is 3.30. The number of aromatic amines is 1. The van der Waals surface area contributed by atoms with Gasteiger partial charge in [0.05, 0.1) is 5.52 Å². The molecule has 3 rings (SSSR count). The Bertz CT molecular complexity index is 800. The molecule has 0 atom stereocenters. The number of nitrogens with zero attached hydrogens (tertiary/aromatic N) is 1. The topological polar surface area (TPSA) is 19.0 Å². The van der Waals surface area contributed by atoms with Crippen LogP contribution in [0.5, 0.6) is 0 Å². The SMILES string of the molecule is CCc1ccc(-c2cc(F)c3[nH]cc(CCN(C)C)c3c2)cc1. The molecule has 3 aromatic rings.